The summed E-state index contributed by atoms with van der Waals surface area (Å²) in [6.07, 6.45) is 0.487. The third kappa shape index (κ3) is 2.00. The number of amides is 1. The van der Waals surface area contributed by atoms with E-state index in [2.05, 4.69) is 10.4 Å². The van der Waals surface area contributed by atoms with E-state index in [4.69, 9.17) is 0 Å². The zero-order chi connectivity index (χ0) is 11.5. The normalized spacial score (nSPS) is 10.9. The van der Waals surface area contributed by atoms with Crippen LogP contribution in [0, 0.1) is 0 Å². The van der Waals surface area contributed by atoms with E-state index < -0.39 is 18.9 Å². The minimum absolute atomic E-state index is 0.293. The minimum atomic E-state index is -2.55. The Morgan fingerprint density at radius 2 is 2.31 bits per heavy atom. The molecule has 0 atom stereocenters. The number of nitrogens with zero attached hydrogens (tertiary/aromatic N) is 2. The summed E-state index contributed by atoms with van der Waals surface area (Å²) in [7, 11) is 0. The van der Waals surface area contributed by atoms with Crippen LogP contribution >= 0.6 is 0 Å². The third-order valence-electron chi connectivity index (χ3n) is 2.09. The number of alkyl halides is 2. The van der Waals surface area contributed by atoms with Gasteiger partial charge in [0, 0.05) is 6.20 Å². The molecule has 16 heavy (non-hydrogen) atoms. The molecule has 2 heterocycles. The van der Waals surface area contributed by atoms with Crippen LogP contribution in [0.25, 0.3) is 5.52 Å². The second kappa shape index (κ2) is 4.26. The van der Waals surface area contributed by atoms with E-state index >= 15 is 0 Å². The first-order valence-corrected chi connectivity index (χ1v) is 4.67. The molecule has 0 unspecified atom stereocenters. The molecule has 84 valence electrons. The van der Waals surface area contributed by atoms with Crippen molar-refractivity contribution in [3.63, 3.8) is 0 Å². The fraction of sp³-hybridized carbons (Fsp3) is 0.200. The predicted octanol–water partition coefficient (Wildman–Crippen LogP) is 1.33. The van der Waals surface area contributed by atoms with Crippen molar-refractivity contribution in [2.45, 2.75) is 6.43 Å². The van der Waals surface area contributed by atoms with Gasteiger partial charge in [-0.1, -0.05) is 6.07 Å². The third-order valence-corrected chi connectivity index (χ3v) is 2.09. The first-order valence-electron chi connectivity index (χ1n) is 4.67. The highest BCUT2D eigenvalue weighted by Crippen LogP contribution is 2.09. The topological polar surface area (TPSA) is 46.4 Å². The monoisotopic (exact) mass is 225 g/mol. The average molecular weight is 225 g/mol. The number of aromatic nitrogens is 2. The van der Waals surface area contributed by atoms with E-state index in [-0.39, 0.29) is 0 Å². The number of halogens is 2. The van der Waals surface area contributed by atoms with Gasteiger partial charge >= 0.3 is 0 Å². The van der Waals surface area contributed by atoms with Gasteiger partial charge in [0.1, 0.15) is 0 Å². The molecule has 4 nitrogen and oxygen atoms in total. The Bertz CT molecular complexity index is 509. The van der Waals surface area contributed by atoms with Gasteiger partial charge in [-0.05, 0) is 12.1 Å². The van der Waals surface area contributed by atoms with Gasteiger partial charge < -0.3 is 5.32 Å². The molecule has 0 spiro atoms. The number of hydrogen-bond donors (Lipinski definition) is 1. The van der Waals surface area contributed by atoms with Gasteiger partial charge in [-0.15, -0.1) is 0 Å². The summed E-state index contributed by atoms with van der Waals surface area (Å²) in [4.78, 5) is 11.5. The van der Waals surface area contributed by atoms with Crippen LogP contribution in [0.2, 0.25) is 0 Å². The molecule has 1 amide bonds. The van der Waals surface area contributed by atoms with Crippen molar-refractivity contribution in [1.29, 1.82) is 0 Å². The maximum atomic E-state index is 11.9. The summed E-state index contributed by atoms with van der Waals surface area (Å²) in [5, 5.41) is 6.07. The van der Waals surface area contributed by atoms with Crippen LogP contribution in [-0.2, 0) is 0 Å². The Hall–Kier alpha value is -1.98. The highest BCUT2D eigenvalue weighted by molar-refractivity contribution is 6.00. The molecule has 0 aromatic carbocycles. The molecule has 0 aliphatic carbocycles. The lowest BCUT2D eigenvalue weighted by Crippen LogP contribution is -2.28. The number of carbonyl (C=O) groups excluding carboxylic acids is 1. The van der Waals surface area contributed by atoms with Gasteiger partial charge in [0.25, 0.3) is 12.3 Å². The number of carbonyl (C=O) groups is 1. The van der Waals surface area contributed by atoms with Crippen LogP contribution in [0.15, 0.2) is 30.6 Å². The molecule has 6 heteroatoms. The van der Waals surface area contributed by atoms with Crippen molar-refractivity contribution in [2.24, 2.45) is 0 Å². The van der Waals surface area contributed by atoms with Crippen molar-refractivity contribution >= 4 is 11.4 Å². The molecule has 0 fully saturated rings. The number of fused-ring (bicyclic) bond motifs is 1. The molecule has 2 rings (SSSR count). The summed E-state index contributed by atoms with van der Waals surface area (Å²) in [5.74, 6) is -0.540. The van der Waals surface area contributed by atoms with E-state index in [1.807, 2.05) is 0 Å². The molecule has 0 saturated carbocycles. The lowest BCUT2D eigenvalue weighted by molar-refractivity contribution is 0.0893. The van der Waals surface area contributed by atoms with Gasteiger partial charge in [0.2, 0.25) is 0 Å². The van der Waals surface area contributed by atoms with Crippen LogP contribution in [0.5, 0.6) is 0 Å². The Labute approximate surface area is 89.9 Å². The van der Waals surface area contributed by atoms with Crippen molar-refractivity contribution in [2.75, 3.05) is 6.54 Å². The summed E-state index contributed by atoms with van der Waals surface area (Å²) < 4.78 is 25.3. The zero-order valence-corrected chi connectivity index (χ0v) is 8.23. The molecular formula is C10H9F2N3O. The smallest absolute Gasteiger partial charge is 0.255 e. The molecule has 0 bridgehead atoms. The van der Waals surface area contributed by atoms with Crippen LogP contribution < -0.4 is 5.32 Å². The maximum absolute atomic E-state index is 11.9. The van der Waals surface area contributed by atoms with Crippen molar-refractivity contribution in [3.8, 4) is 0 Å². The van der Waals surface area contributed by atoms with Gasteiger partial charge in [-0.3, -0.25) is 4.79 Å². The number of pyridine rings is 1. The second-order valence-corrected chi connectivity index (χ2v) is 3.19. The Balaban J connectivity index is 2.23. The van der Waals surface area contributed by atoms with Gasteiger partial charge in [-0.2, -0.15) is 5.10 Å². The number of nitrogens with one attached hydrogen (secondary N) is 1. The number of rotatable bonds is 3. The van der Waals surface area contributed by atoms with Crippen molar-refractivity contribution in [1.82, 2.24) is 14.9 Å². The highest BCUT2D eigenvalue weighted by atomic mass is 19.3. The van der Waals surface area contributed by atoms with Crippen LogP contribution in [-0.4, -0.2) is 28.5 Å². The summed E-state index contributed by atoms with van der Waals surface area (Å²) >= 11 is 0. The predicted molar refractivity (Wildman–Crippen MR) is 53.5 cm³/mol. The fourth-order valence-corrected chi connectivity index (χ4v) is 1.37. The maximum Gasteiger partial charge on any atom is 0.255 e. The van der Waals surface area contributed by atoms with E-state index in [1.54, 1.807) is 24.4 Å². The summed E-state index contributed by atoms with van der Waals surface area (Å²) in [6, 6.07) is 5.21. The standard InChI is InChI=1S/C10H9F2N3O/c11-9(12)6-13-10(16)7-5-14-15-4-2-1-3-8(7)15/h1-5,9H,6H2,(H,13,16). The van der Waals surface area contributed by atoms with E-state index in [0.717, 1.165) is 0 Å². The lowest BCUT2D eigenvalue weighted by atomic mass is 10.2. The van der Waals surface area contributed by atoms with E-state index in [0.29, 0.717) is 11.1 Å². The van der Waals surface area contributed by atoms with Crippen LogP contribution in [0.4, 0.5) is 8.78 Å². The largest absolute Gasteiger partial charge is 0.346 e. The first-order chi connectivity index (χ1) is 7.68. The molecule has 0 saturated heterocycles. The zero-order valence-electron chi connectivity index (χ0n) is 8.23. The molecule has 0 radical (unpaired) electrons. The average Bonchev–Trinajstić information content (AvgIpc) is 2.69. The molecule has 1 N–H and O–H groups in total. The lowest BCUT2D eigenvalue weighted by Gasteiger charge is -2.02. The SMILES string of the molecule is O=C(NCC(F)F)c1cnn2ccccc12. The van der Waals surface area contributed by atoms with Gasteiger partial charge in [-0.25, -0.2) is 13.3 Å². The highest BCUT2D eigenvalue weighted by Gasteiger charge is 2.13. The Morgan fingerprint density at radius 3 is 3.06 bits per heavy atom. The molecule has 0 aliphatic heterocycles. The van der Waals surface area contributed by atoms with Crippen LogP contribution in [0.1, 0.15) is 10.4 Å². The first kappa shape index (κ1) is 10.5. The van der Waals surface area contributed by atoms with Crippen LogP contribution in [0.3, 0.4) is 0 Å². The van der Waals surface area contributed by atoms with E-state index in [9.17, 15) is 13.6 Å². The molecular weight excluding hydrogens is 216 g/mol. The number of hydrogen-bond acceptors (Lipinski definition) is 2. The van der Waals surface area contributed by atoms with Gasteiger partial charge in [0.05, 0.1) is 23.8 Å². The summed E-state index contributed by atoms with van der Waals surface area (Å²) in [5.41, 5.74) is 0.885. The molecule has 2 aromatic heterocycles. The minimum Gasteiger partial charge on any atom is -0.346 e. The van der Waals surface area contributed by atoms with Crippen molar-refractivity contribution in [3.05, 3.63) is 36.2 Å². The van der Waals surface area contributed by atoms with E-state index in [1.165, 1.54) is 10.7 Å². The molecule has 2 aromatic rings. The second-order valence-electron chi connectivity index (χ2n) is 3.19. The fourth-order valence-electron chi connectivity index (χ4n) is 1.37. The van der Waals surface area contributed by atoms with Gasteiger partial charge in [0.15, 0.2) is 0 Å². The summed E-state index contributed by atoms with van der Waals surface area (Å²) in [6.45, 7) is -0.650. The molecule has 0 aliphatic rings. The van der Waals surface area contributed by atoms with Crippen molar-refractivity contribution < 1.29 is 13.6 Å². The Kier molecular flexibility index (Phi) is 2.80. The Morgan fingerprint density at radius 1 is 1.50 bits per heavy atom. The quantitative estimate of drug-likeness (QED) is 0.856.